The second kappa shape index (κ2) is 12.9. The fourth-order valence-electron chi connectivity index (χ4n) is 3.51. The second-order valence-corrected chi connectivity index (χ2v) is 8.14. The monoisotopic (exact) mass is 433 g/mol. The first kappa shape index (κ1) is 24.6. The van der Waals surface area contributed by atoms with Gasteiger partial charge in [0.2, 0.25) is 0 Å². The van der Waals surface area contributed by atoms with Crippen LogP contribution in [0.5, 0.6) is 0 Å². The van der Waals surface area contributed by atoms with E-state index in [1.807, 2.05) is 6.07 Å². The maximum Gasteiger partial charge on any atom is 0.305 e. The zero-order valence-electron chi connectivity index (χ0n) is 18.7. The first-order valence-electron chi connectivity index (χ1n) is 10.9. The molecule has 0 saturated heterocycles. The molecule has 0 spiro atoms. The van der Waals surface area contributed by atoms with E-state index in [4.69, 9.17) is 9.15 Å². The number of quaternary nitrogens is 1. The third-order valence-electron chi connectivity index (χ3n) is 4.88. The summed E-state index contributed by atoms with van der Waals surface area (Å²) in [4.78, 5) is 27.7. The van der Waals surface area contributed by atoms with Crippen molar-refractivity contribution in [2.75, 3.05) is 26.2 Å². The van der Waals surface area contributed by atoms with E-state index >= 15 is 0 Å². The summed E-state index contributed by atoms with van der Waals surface area (Å²) >= 11 is 0. The van der Waals surface area contributed by atoms with Gasteiger partial charge in [0.15, 0.2) is 6.54 Å². The van der Waals surface area contributed by atoms with Crippen LogP contribution < -0.4 is 4.90 Å². The van der Waals surface area contributed by atoms with E-state index in [-0.39, 0.29) is 17.7 Å². The number of nitrogens with zero attached hydrogens (tertiary/aromatic N) is 1. The number of amides is 1. The molecule has 1 aromatic heterocycles. The van der Waals surface area contributed by atoms with E-state index in [1.165, 1.54) is 12.1 Å². The summed E-state index contributed by atoms with van der Waals surface area (Å²) in [5, 5.41) is 0. The minimum absolute atomic E-state index is 0.00694. The van der Waals surface area contributed by atoms with Crippen LogP contribution in [0.25, 0.3) is 0 Å². The van der Waals surface area contributed by atoms with Crippen LogP contribution in [0, 0.1) is 11.7 Å². The summed E-state index contributed by atoms with van der Waals surface area (Å²) < 4.78 is 23.7. The number of hydrogen-bond donors (Lipinski definition) is 1. The van der Waals surface area contributed by atoms with Crippen LogP contribution in [-0.4, -0.2) is 43.0 Å². The quantitative estimate of drug-likeness (QED) is 0.494. The zero-order valence-corrected chi connectivity index (χ0v) is 18.7. The first-order chi connectivity index (χ1) is 14.9. The lowest BCUT2D eigenvalue weighted by atomic mass is 10.1. The molecule has 1 atom stereocenters. The van der Waals surface area contributed by atoms with Gasteiger partial charge >= 0.3 is 5.97 Å². The summed E-state index contributed by atoms with van der Waals surface area (Å²) in [5.74, 6) is 0.604. The molecule has 0 aliphatic rings. The molecule has 0 fully saturated rings. The lowest BCUT2D eigenvalue weighted by molar-refractivity contribution is -0.895. The first-order valence-corrected chi connectivity index (χ1v) is 10.9. The summed E-state index contributed by atoms with van der Waals surface area (Å²) in [6.07, 6.45) is 2.61. The molecule has 1 amide bonds. The Bertz CT molecular complexity index is 790. The van der Waals surface area contributed by atoms with E-state index in [1.54, 1.807) is 36.3 Å². The van der Waals surface area contributed by atoms with Gasteiger partial charge in [-0.3, -0.25) is 9.59 Å². The van der Waals surface area contributed by atoms with Gasteiger partial charge in [0.05, 0.1) is 38.9 Å². The van der Waals surface area contributed by atoms with Gasteiger partial charge in [0, 0.05) is 18.9 Å². The van der Waals surface area contributed by atoms with Gasteiger partial charge in [0.25, 0.3) is 5.91 Å². The predicted octanol–water partition coefficient (Wildman–Crippen LogP) is 2.83. The number of rotatable bonds is 13. The number of nitrogens with one attached hydrogen (secondary N) is 1. The molecule has 2 aromatic rings. The van der Waals surface area contributed by atoms with Gasteiger partial charge in [0.1, 0.15) is 11.6 Å². The predicted molar refractivity (Wildman–Crippen MR) is 116 cm³/mol. The van der Waals surface area contributed by atoms with Gasteiger partial charge in [-0.1, -0.05) is 26.0 Å². The number of esters is 1. The van der Waals surface area contributed by atoms with Gasteiger partial charge < -0.3 is 19.0 Å². The van der Waals surface area contributed by atoms with Gasteiger partial charge in [-0.2, -0.15) is 0 Å². The average Bonchev–Trinajstić information content (AvgIpc) is 3.22. The maximum absolute atomic E-state index is 13.3. The Balaban J connectivity index is 2.04. The van der Waals surface area contributed by atoms with Crippen LogP contribution in [-0.2, 0) is 27.4 Å². The standard InChI is InChI=1S/C24H33FN2O4/c1-4-30-24(29)8-5-13-26(15-19(2)3)18-23(28)27(17-22-7-6-14-31-22)16-20-9-11-21(25)12-10-20/h6-7,9-12,14,19H,4-5,8,13,15-18H2,1-3H3/p+1. The normalized spacial score (nSPS) is 12.0. The lowest BCUT2D eigenvalue weighted by Crippen LogP contribution is -3.13. The number of ether oxygens (including phenoxy) is 1. The Hall–Kier alpha value is -2.67. The molecule has 0 bridgehead atoms. The topological polar surface area (TPSA) is 64.2 Å². The van der Waals surface area contributed by atoms with E-state index in [0.29, 0.717) is 57.3 Å². The molecule has 1 aromatic carbocycles. The average molecular weight is 434 g/mol. The maximum atomic E-state index is 13.3. The van der Waals surface area contributed by atoms with Crippen molar-refractivity contribution in [1.82, 2.24) is 4.90 Å². The Morgan fingerprint density at radius 3 is 2.52 bits per heavy atom. The summed E-state index contributed by atoms with van der Waals surface area (Å²) in [6, 6.07) is 9.81. The number of halogens is 1. The van der Waals surface area contributed by atoms with E-state index < -0.39 is 0 Å². The second-order valence-electron chi connectivity index (χ2n) is 8.14. The number of hydrogen-bond acceptors (Lipinski definition) is 4. The van der Waals surface area contributed by atoms with Crippen molar-refractivity contribution in [3.8, 4) is 0 Å². The Kier molecular flexibility index (Phi) is 10.2. The molecule has 1 unspecified atom stereocenters. The molecule has 7 heteroatoms. The summed E-state index contributed by atoms with van der Waals surface area (Å²) in [5.41, 5.74) is 0.856. The van der Waals surface area contributed by atoms with Crippen molar-refractivity contribution in [2.24, 2.45) is 5.92 Å². The molecule has 170 valence electrons. The third kappa shape index (κ3) is 9.34. The molecule has 0 aliphatic carbocycles. The van der Waals surface area contributed by atoms with Crippen molar-refractivity contribution in [3.63, 3.8) is 0 Å². The fourth-order valence-corrected chi connectivity index (χ4v) is 3.51. The van der Waals surface area contributed by atoms with Crippen molar-refractivity contribution in [3.05, 3.63) is 59.8 Å². The highest BCUT2D eigenvalue weighted by Gasteiger charge is 2.22. The fraction of sp³-hybridized carbons (Fsp3) is 0.500. The summed E-state index contributed by atoms with van der Waals surface area (Å²) in [7, 11) is 0. The van der Waals surface area contributed by atoms with Crippen molar-refractivity contribution >= 4 is 11.9 Å². The van der Waals surface area contributed by atoms with Crippen LogP contribution in [0.2, 0.25) is 0 Å². The zero-order chi connectivity index (χ0) is 22.6. The lowest BCUT2D eigenvalue weighted by Gasteiger charge is -2.26. The van der Waals surface area contributed by atoms with E-state index in [0.717, 1.165) is 17.0 Å². The molecule has 31 heavy (non-hydrogen) atoms. The van der Waals surface area contributed by atoms with Crippen LogP contribution in [0.3, 0.4) is 0 Å². The highest BCUT2D eigenvalue weighted by Crippen LogP contribution is 2.11. The molecule has 0 radical (unpaired) electrons. The molecule has 2 rings (SSSR count). The molecule has 0 saturated carbocycles. The molecular weight excluding hydrogens is 399 g/mol. The van der Waals surface area contributed by atoms with E-state index in [9.17, 15) is 14.0 Å². The smallest absolute Gasteiger partial charge is 0.305 e. The number of benzene rings is 1. The van der Waals surface area contributed by atoms with Gasteiger partial charge in [-0.15, -0.1) is 0 Å². The Labute approximate surface area is 184 Å². The van der Waals surface area contributed by atoms with Gasteiger partial charge in [-0.25, -0.2) is 4.39 Å². The van der Waals surface area contributed by atoms with Crippen molar-refractivity contribution in [2.45, 2.75) is 46.7 Å². The molecule has 1 heterocycles. The molecule has 6 nitrogen and oxygen atoms in total. The largest absolute Gasteiger partial charge is 0.467 e. The van der Waals surface area contributed by atoms with Crippen molar-refractivity contribution in [1.29, 1.82) is 0 Å². The van der Waals surface area contributed by atoms with E-state index in [2.05, 4.69) is 13.8 Å². The van der Waals surface area contributed by atoms with Crippen LogP contribution in [0.1, 0.15) is 44.9 Å². The van der Waals surface area contributed by atoms with Crippen LogP contribution in [0.4, 0.5) is 4.39 Å². The van der Waals surface area contributed by atoms with Crippen LogP contribution in [0.15, 0.2) is 47.1 Å². The number of carbonyl (C=O) groups excluding carboxylic acids is 2. The number of carbonyl (C=O) groups is 2. The Morgan fingerprint density at radius 2 is 1.90 bits per heavy atom. The minimum Gasteiger partial charge on any atom is -0.467 e. The SMILES string of the molecule is CCOC(=O)CCC[NH+](CC(=O)N(Cc1ccc(F)cc1)Cc1ccco1)CC(C)C. The third-order valence-corrected chi connectivity index (χ3v) is 4.88. The molecule has 1 N–H and O–H groups in total. The highest BCUT2D eigenvalue weighted by molar-refractivity contribution is 5.77. The summed E-state index contributed by atoms with van der Waals surface area (Å²) in [6.45, 7) is 9.01. The molecule has 0 aliphatic heterocycles. The minimum atomic E-state index is -0.304. The van der Waals surface area contributed by atoms with Gasteiger partial charge in [-0.05, 0) is 36.8 Å². The van der Waals surface area contributed by atoms with Crippen molar-refractivity contribution < 1.29 is 28.0 Å². The number of furan rings is 1. The van der Waals surface area contributed by atoms with Crippen LogP contribution >= 0.6 is 0 Å². The molecular formula is C24H34FN2O4+. The Morgan fingerprint density at radius 1 is 1.16 bits per heavy atom. The highest BCUT2D eigenvalue weighted by atomic mass is 19.1.